The molecule has 8 rings (SSSR count). The molecular formula is C20H30NO. The van der Waals surface area contributed by atoms with Gasteiger partial charge in [-0.25, -0.2) is 0 Å². The third-order valence-electron chi connectivity index (χ3n) is 8.87. The van der Waals surface area contributed by atoms with E-state index >= 15 is 0 Å². The van der Waals surface area contributed by atoms with Gasteiger partial charge in [-0.15, -0.1) is 10.3 Å². The van der Waals surface area contributed by atoms with Crippen molar-refractivity contribution in [1.82, 2.24) is 5.06 Å². The molecule has 0 aromatic carbocycles. The van der Waals surface area contributed by atoms with Crippen LogP contribution < -0.4 is 0 Å². The van der Waals surface area contributed by atoms with Crippen molar-refractivity contribution < 1.29 is 5.21 Å². The van der Waals surface area contributed by atoms with Crippen LogP contribution in [0, 0.1) is 35.5 Å². The van der Waals surface area contributed by atoms with Gasteiger partial charge in [0.05, 0.1) is 11.1 Å². The van der Waals surface area contributed by atoms with Crippen molar-refractivity contribution in [2.45, 2.75) is 88.1 Å². The molecule has 8 saturated carbocycles. The van der Waals surface area contributed by atoms with Gasteiger partial charge in [0.1, 0.15) is 0 Å². The van der Waals surface area contributed by atoms with E-state index in [-0.39, 0.29) is 11.1 Å². The molecule has 0 saturated heterocycles. The summed E-state index contributed by atoms with van der Waals surface area (Å²) in [6.45, 7) is 0. The van der Waals surface area contributed by atoms with Crippen molar-refractivity contribution in [3.8, 4) is 0 Å². The molecule has 0 aromatic rings. The van der Waals surface area contributed by atoms with Crippen LogP contribution in [-0.2, 0) is 5.21 Å². The second-order valence-corrected chi connectivity index (χ2v) is 10.6. The van der Waals surface area contributed by atoms with E-state index in [0.29, 0.717) is 0 Å². The zero-order chi connectivity index (χ0) is 14.5. The van der Waals surface area contributed by atoms with Crippen LogP contribution in [0.15, 0.2) is 0 Å². The highest BCUT2D eigenvalue weighted by Gasteiger charge is 2.62. The van der Waals surface area contributed by atoms with Crippen molar-refractivity contribution >= 4 is 0 Å². The molecule has 22 heavy (non-hydrogen) atoms. The van der Waals surface area contributed by atoms with E-state index in [0.717, 1.165) is 35.5 Å². The molecule has 8 fully saturated rings. The first kappa shape index (κ1) is 13.2. The molecule has 0 aliphatic heterocycles. The summed E-state index contributed by atoms with van der Waals surface area (Å²) in [5.74, 6) is 5.40. The van der Waals surface area contributed by atoms with Crippen molar-refractivity contribution in [3.63, 3.8) is 0 Å². The summed E-state index contributed by atoms with van der Waals surface area (Å²) in [6, 6.07) is 0. The lowest BCUT2D eigenvalue weighted by Crippen LogP contribution is -2.68. The second-order valence-electron chi connectivity index (χ2n) is 10.6. The van der Waals surface area contributed by atoms with Crippen LogP contribution in [0.2, 0.25) is 0 Å². The zero-order valence-corrected chi connectivity index (χ0v) is 13.8. The van der Waals surface area contributed by atoms with Gasteiger partial charge in [-0.05, 0) is 113 Å². The topological polar surface area (TPSA) is 23.1 Å². The smallest absolute Gasteiger partial charge is 0.0508 e. The fourth-order valence-corrected chi connectivity index (χ4v) is 9.13. The van der Waals surface area contributed by atoms with Gasteiger partial charge in [-0.3, -0.25) is 0 Å². The van der Waals surface area contributed by atoms with Gasteiger partial charge in [0.25, 0.3) is 0 Å². The Balaban J connectivity index is 1.36. The van der Waals surface area contributed by atoms with Crippen molar-refractivity contribution in [1.29, 1.82) is 0 Å². The molecule has 1 radical (unpaired) electrons. The van der Waals surface area contributed by atoms with Crippen LogP contribution in [0.4, 0.5) is 0 Å². The third kappa shape index (κ3) is 1.64. The lowest BCUT2D eigenvalue weighted by Gasteiger charge is -2.65. The molecule has 2 nitrogen and oxygen atoms in total. The van der Waals surface area contributed by atoms with Crippen LogP contribution in [0.3, 0.4) is 0 Å². The standard InChI is InChI=1S/C20H30NO/c22-21(19-7-13-1-14(8-19)3-15(2-13)9-19)20-10-16-4-17(11-20)6-18(5-16)12-20/h13-18H,1-12H2. The van der Waals surface area contributed by atoms with Gasteiger partial charge in [-0.1, -0.05) is 0 Å². The summed E-state index contributed by atoms with van der Waals surface area (Å²) in [4.78, 5) is 0. The predicted molar refractivity (Wildman–Crippen MR) is 84.3 cm³/mol. The summed E-state index contributed by atoms with van der Waals surface area (Å²) < 4.78 is 0. The highest BCUT2D eigenvalue weighted by molar-refractivity contribution is 5.13. The molecule has 0 aromatic heterocycles. The molecule has 8 aliphatic rings. The first-order valence-corrected chi connectivity index (χ1v) is 10.1. The van der Waals surface area contributed by atoms with Gasteiger partial charge in [-0.2, -0.15) is 0 Å². The Bertz CT molecular complexity index is 383. The molecule has 121 valence electrons. The van der Waals surface area contributed by atoms with Gasteiger partial charge in [0, 0.05) is 0 Å². The normalized spacial score (nSPS) is 61.4. The Morgan fingerprint density at radius 1 is 0.500 bits per heavy atom. The maximum Gasteiger partial charge on any atom is 0.0508 e. The van der Waals surface area contributed by atoms with Gasteiger partial charge in [0.15, 0.2) is 0 Å². The zero-order valence-electron chi connectivity index (χ0n) is 13.8. The summed E-state index contributed by atoms with van der Waals surface area (Å²) >= 11 is 0. The molecule has 0 heterocycles. The monoisotopic (exact) mass is 300 g/mol. The molecule has 8 aliphatic carbocycles. The lowest BCUT2D eigenvalue weighted by atomic mass is 9.49. The number of hydroxylamine groups is 2. The molecule has 0 N–H and O–H groups in total. The molecule has 2 heteroatoms. The minimum absolute atomic E-state index is 0.0837. The third-order valence-corrected chi connectivity index (χ3v) is 8.87. The summed E-state index contributed by atoms with van der Waals surface area (Å²) in [5, 5.41) is 15.7. The highest BCUT2D eigenvalue weighted by atomic mass is 16.5. The van der Waals surface area contributed by atoms with Crippen LogP contribution >= 0.6 is 0 Å². The fourth-order valence-electron chi connectivity index (χ4n) is 9.13. The molecule has 0 unspecified atom stereocenters. The van der Waals surface area contributed by atoms with E-state index in [1.807, 2.05) is 5.06 Å². The minimum Gasteiger partial charge on any atom is -0.143 e. The summed E-state index contributed by atoms with van der Waals surface area (Å²) in [7, 11) is 0. The summed E-state index contributed by atoms with van der Waals surface area (Å²) in [6.07, 6.45) is 16.2. The Labute approximate surface area is 134 Å². The maximum absolute atomic E-state index is 13.9. The maximum atomic E-state index is 13.9. The molecule has 0 atom stereocenters. The van der Waals surface area contributed by atoms with E-state index < -0.39 is 0 Å². The SMILES string of the molecule is [O]N(C12CC3CC(CC(C3)C1)C2)C12CC3CC(CC(C3)C1)C2. The van der Waals surface area contributed by atoms with E-state index in [9.17, 15) is 5.21 Å². The minimum atomic E-state index is 0.0837. The van der Waals surface area contributed by atoms with Crippen LogP contribution in [0.25, 0.3) is 0 Å². The average molecular weight is 300 g/mol. The molecule has 0 spiro atoms. The van der Waals surface area contributed by atoms with E-state index in [2.05, 4.69) is 0 Å². The van der Waals surface area contributed by atoms with Crippen LogP contribution in [0.5, 0.6) is 0 Å². The van der Waals surface area contributed by atoms with E-state index in [1.165, 1.54) is 77.0 Å². The number of hydrogen-bond acceptors (Lipinski definition) is 1. The van der Waals surface area contributed by atoms with Crippen molar-refractivity contribution in [3.05, 3.63) is 0 Å². The van der Waals surface area contributed by atoms with Crippen molar-refractivity contribution in [2.75, 3.05) is 0 Å². The largest absolute Gasteiger partial charge is 0.143 e. The molecule has 8 bridgehead atoms. The van der Waals surface area contributed by atoms with Crippen LogP contribution in [-0.4, -0.2) is 16.1 Å². The highest BCUT2D eigenvalue weighted by Crippen LogP contribution is 2.63. The Morgan fingerprint density at radius 2 is 0.727 bits per heavy atom. The van der Waals surface area contributed by atoms with E-state index in [1.54, 1.807) is 0 Å². The fraction of sp³-hybridized carbons (Fsp3) is 1.00. The van der Waals surface area contributed by atoms with Crippen molar-refractivity contribution in [2.24, 2.45) is 35.5 Å². The van der Waals surface area contributed by atoms with Crippen LogP contribution in [0.1, 0.15) is 77.0 Å². The number of nitrogens with zero attached hydrogens (tertiary/aromatic N) is 1. The second kappa shape index (κ2) is 4.11. The predicted octanol–water partition coefficient (Wildman–Crippen LogP) is 4.57. The van der Waals surface area contributed by atoms with Gasteiger partial charge in [0.2, 0.25) is 0 Å². The Kier molecular flexibility index (Phi) is 2.48. The molecular weight excluding hydrogens is 270 g/mol. The van der Waals surface area contributed by atoms with Gasteiger partial charge < -0.3 is 0 Å². The average Bonchev–Trinajstić information content (AvgIpc) is 2.43. The number of rotatable bonds is 2. The summed E-state index contributed by atoms with van der Waals surface area (Å²) in [5.41, 5.74) is 0.167. The lowest BCUT2D eigenvalue weighted by molar-refractivity contribution is -0.341. The number of hydrogen-bond donors (Lipinski definition) is 0. The van der Waals surface area contributed by atoms with E-state index in [4.69, 9.17) is 0 Å². The first-order chi connectivity index (χ1) is 10.6. The quantitative estimate of drug-likeness (QED) is 0.685. The van der Waals surface area contributed by atoms with Gasteiger partial charge >= 0.3 is 0 Å². The molecule has 0 amide bonds. The Hall–Kier alpha value is -0.0800. The first-order valence-electron chi connectivity index (χ1n) is 10.1. The Morgan fingerprint density at radius 3 is 0.955 bits per heavy atom.